The van der Waals surface area contributed by atoms with Crippen molar-refractivity contribution in [2.45, 2.75) is 24.8 Å². The van der Waals surface area contributed by atoms with Crippen LogP contribution in [0, 0.1) is 6.92 Å². The van der Waals surface area contributed by atoms with Crippen molar-refractivity contribution in [1.29, 1.82) is 0 Å². The van der Waals surface area contributed by atoms with Gasteiger partial charge in [-0.2, -0.15) is 4.31 Å². The summed E-state index contributed by atoms with van der Waals surface area (Å²) >= 11 is 0. The molecule has 0 saturated carbocycles. The Morgan fingerprint density at radius 1 is 0.923 bits per heavy atom. The molecule has 0 unspecified atom stereocenters. The summed E-state index contributed by atoms with van der Waals surface area (Å²) < 4.78 is 38.6. The first-order valence-corrected chi connectivity index (χ1v) is 14.3. The molecule has 0 fully saturated rings. The predicted octanol–water partition coefficient (Wildman–Crippen LogP) is 4.39. The molecule has 0 aliphatic rings. The van der Waals surface area contributed by atoms with Crippen molar-refractivity contribution < 1.29 is 22.7 Å². The van der Waals surface area contributed by atoms with Crippen LogP contribution in [0.5, 0.6) is 5.75 Å². The van der Waals surface area contributed by atoms with Crippen LogP contribution < -0.4 is 4.74 Å². The third kappa shape index (κ3) is 7.06. The number of nitrogens with one attached hydrogen (secondary N) is 1. The second-order valence-corrected chi connectivity index (χ2v) is 11.4. The molecule has 206 valence electrons. The second-order valence-electron chi connectivity index (χ2n) is 9.42. The minimum atomic E-state index is -3.95. The minimum Gasteiger partial charge on any atom is -0.497 e. The fourth-order valence-corrected chi connectivity index (χ4v) is 5.80. The van der Waals surface area contributed by atoms with Crippen LogP contribution in [0.4, 0.5) is 0 Å². The first-order valence-electron chi connectivity index (χ1n) is 12.8. The first kappa shape index (κ1) is 28.4. The van der Waals surface area contributed by atoms with Gasteiger partial charge in [0.25, 0.3) is 0 Å². The van der Waals surface area contributed by atoms with E-state index in [1.165, 1.54) is 30.7 Å². The van der Waals surface area contributed by atoms with Gasteiger partial charge in [-0.1, -0.05) is 48.0 Å². The van der Waals surface area contributed by atoms with Gasteiger partial charge >= 0.3 is 0 Å². The average Bonchev–Trinajstić information content (AvgIpc) is 3.37. The van der Waals surface area contributed by atoms with Gasteiger partial charge in [-0.15, -0.1) is 0 Å². The highest BCUT2D eigenvalue weighted by Crippen LogP contribution is 2.21. The summed E-state index contributed by atoms with van der Waals surface area (Å²) in [6.07, 6.45) is 2.60. The number of rotatable bonds is 13. The van der Waals surface area contributed by atoms with Gasteiger partial charge in [0.15, 0.2) is 0 Å². The summed E-state index contributed by atoms with van der Waals surface area (Å²) in [7, 11) is -0.922. The van der Waals surface area contributed by atoms with Gasteiger partial charge in [0, 0.05) is 43.8 Å². The normalized spacial score (nSPS) is 11.7. The van der Waals surface area contributed by atoms with Crippen molar-refractivity contribution in [3.63, 3.8) is 0 Å². The van der Waals surface area contributed by atoms with Gasteiger partial charge < -0.3 is 19.4 Å². The highest BCUT2D eigenvalue weighted by Gasteiger charge is 2.28. The van der Waals surface area contributed by atoms with Gasteiger partial charge in [0.2, 0.25) is 15.9 Å². The lowest BCUT2D eigenvalue weighted by molar-refractivity contribution is -0.132. The van der Waals surface area contributed by atoms with Gasteiger partial charge in [-0.25, -0.2) is 8.42 Å². The summed E-state index contributed by atoms with van der Waals surface area (Å²) in [4.78, 5) is 18.9. The number of para-hydroxylation sites is 1. The zero-order valence-electron chi connectivity index (χ0n) is 22.6. The molecule has 1 heterocycles. The van der Waals surface area contributed by atoms with Crippen molar-refractivity contribution >= 4 is 26.8 Å². The topological polar surface area (TPSA) is 91.9 Å². The lowest BCUT2D eigenvalue weighted by Crippen LogP contribution is -2.44. The average molecular weight is 550 g/mol. The SMILES string of the molecule is COCCN(CC(=O)N(CCc1c[nH]c2ccccc12)Cc1ccc(C)cc1)S(=O)(=O)c1ccc(OC)cc1. The molecule has 0 saturated heterocycles. The van der Waals surface area contributed by atoms with Crippen molar-refractivity contribution in [2.75, 3.05) is 40.5 Å². The number of carbonyl (C=O) groups is 1. The van der Waals surface area contributed by atoms with E-state index in [1.54, 1.807) is 17.0 Å². The molecule has 0 aliphatic carbocycles. The van der Waals surface area contributed by atoms with E-state index in [0.717, 1.165) is 27.6 Å². The van der Waals surface area contributed by atoms with Crippen molar-refractivity contribution in [3.8, 4) is 5.75 Å². The highest BCUT2D eigenvalue weighted by atomic mass is 32.2. The molecular weight excluding hydrogens is 514 g/mol. The van der Waals surface area contributed by atoms with Gasteiger partial charge in [0.1, 0.15) is 5.75 Å². The first-order chi connectivity index (χ1) is 18.8. The maximum absolute atomic E-state index is 13.7. The molecule has 9 heteroatoms. The number of sulfonamides is 1. The number of benzene rings is 3. The molecule has 0 atom stereocenters. The van der Waals surface area contributed by atoms with Crippen LogP contribution in [-0.2, 0) is 32.5 Å². The number of aromatic nitrogens is 1. The summed E-state index contributed by atoms with van der Waals surface area (Å²) in [6.45, 7) is 2.75. The molecule has 0 spiro atoms. The van der Waals surface area contributed by atoms with E-state index in [-0.39, 0.29) is 30.5 Å². The van der Waals surface area contributed by atoms with Gasteiger partial charge in [-0.05, 0) is 54.8 Å². The Kier molecular flexibility index (Phi) is 9.40. The standard InChI is InChI=1S/C30H35N3O5S/c1-23-8-10-24(11-9-23)21-32(17-16-25-20-31-29-7-5-4-6-28(25)29)30(34)22-33(18-19-37-2)39(35,36)27-14-12-26(38-3)13-15-27/h4-15,20,31H,16-19,21-22H2,1-3H3. The number of carbonyl (C=O) groups excluding carboxylic acids is 1. The molecule has 0 radical (unpaired) electrons. The fraction of sp³-hybridized carbons (Fsp3) is 0.300. The molecular formula is C30H35N3O5S. The maximum atomic E-state index is 13.7. The van der Waals surface area contributed by atoms with Crippen molar-refractivity contribution in [2.24, 2.45) is 0 Å². The van der Waals surface area contributed by atoms with E-state index < -0.39 is 10.0 Å². The Morgan fingerprint density at radius 2 is 1.64 bits per heavy atom. The highest BCUT2D eigenvalue weighted by molar-refractivity contribution is 7.89. The van der Waals surface area contributed by atoms with Crippen LogP contribution in [0.25, 0.3) is 10.9 Å². The van der Waals surface area contributed by atoms with E-state index in [9.17, 15) is 13.2 Å². The Hall–Kier alpha value is -3.66. The fourth-order valence-electron chi connectivity index (χ4n) is 4.42. The number of aryl methyl sites for hydroxylation is 1. The number of aromatic amines is 1. The predicted molar refractivity (Wildman–Crippen MR) is 152 cm³/mol. The Labute approximate surface area is 230 Å². The van der Waals surface area contributed by atoms with Crippen LogP contribution in [0.15, 0.2) is 83.9 Å². The van der Waals surface area contributed by atoms with Crippen LogP contribution in [0.1, 0.15) is 16.7 Å². The maximum Gasteiger partial charge on any atom is 0.243 e. The van der Waals surface area contributed by atoms with Crippen LogP contribution in [0.2, 0.25) is 0 Å². The van der Waals surface area contributed by atoms with E-state index in [1.807, 2.05) is 55.6 Å². The summed E-state index contributed by atoms with van der Waals surface area (Å²) in [5.74, 6) is 0.277. The molecule has 3 aromatic carbocycles. The number of nitrogens with zero attached hydrogens (tertiary/aromatic N) is 2. The lowest BCUT2D eigenvalue weighted by Gasteiger charge is -2.27. The monoisotopic (exact) mass is 549 g/mol. The smallest absolute Gasteiger partial charge is 0.243 e. The second kappa shape index (κ2) is 12.9. The zero-order valence-corrected chi connectivity index (χ0v) is 23.4. The molecule has 4 aromatic rings. The molecule has 4 rings (SSSR count). The van der Waals surface area contributed by atoms with E-state index in [2.05, 4.69) is 11.1 Å². The van der Waals surface area contributed by atoms with Crippen molar-refractivity contribution in [1.82, 2.24) is 14.2 Å². The lowest BCUT2D eigenvalue weighted by atomic mass is 10.1. The summed E-state index contributed by atoms with van der Waals surface area (Å²) in [5.41, 5.74) is 4.26. The molecule has 1 amide bonds. The van der Waals surface area contributed by atoms with E-state index >= 15 is 0 Å². The number of methoxy groups -OCH3 is 2. The molecule has 0 bridgehead atoms. The van der Waals surface area contributed by atoms with E-state index in [0.29, 0.717) is 25.3 Å². The minimum absolute atomic E-state index is 0.0530. The number of hydrogen-bond acceptors (Lipinski definition) is 5. The number of amides is 1. The van der Waals surface area contributed by atoms with Gasteiger partial charge in [-0.3, -0.25) is 4.79 Å². The Bertz CT molecular complexity index is 1480. The zero-order chi connectivity index (χ0) is 27.8. The summed E-state index contributed by atoms with van der Waals surface area (Å²) in [6, 6.07) is 22.2. The van der Waals surface area contributed by atoms with Crippen LogP contribution in [-0.4, -0.2) is 69.0 Å². The molecule has 39 heavy (non-hydrogen) atoms. The number of hydrogen-bond donors (Lipinski definition) is 1. The van der Waals surface area contributed by atoms with Gasteiger partial charge in [0.05, 0.1) is 25.2 Å². The largest absolute Gasteiger partial charge is 0.497 e. The molecule has 0 aliphatic heterocycles. The van der Waals surface area contributed by atoms with Crippen molar-refractivity contribution in [3.05, 3.63) is 95.7 Å². The van der Waals surface area contributed by atoms with Crippen LogP contribution >= 0.6 is 0 Å². The third-order valence-electron chi connectivity index (χ3n) is 6.73. The van der Waals surface area contributed by atoms with E-state index in [4.69, 9.17) is 9.47 Å². The summed E-state index contributed by atoms with van der Waals surface area (Å²) in [5, 5.41) is 1.11. The molecule has 1 aromatic heterocycles. The number of fused-ring (bicyclic) bond motifs is 1. The number of ether oxygens (including phenoxy) is 2. The number of H-pyrrole nitrogens is 1. The molecule has 1 N–H and O–H groups in total. The third-order valence-corrected chi connectivity index (χ3v) is 8.59. The Morgan fingerprint density at radius 3 is 2.33 bits per heavy atom. The molecule has 8 nitrogen and oxygen atoms in total. The quantitative estimate of drug-likeness (QED) is 0.267. The Balaban J connectivity index is 1.57. The van der Waals surface area contributed by atoms with Crippen LogP contribution in [0.3, 0.4) is 0 Å².